The molecule has 1 aromatic carbocycles. The number of carbonyl (C=O) groups excluding carboxylic acids is 1. The van der Waals surface area contributed by atoms with Gasteiger partial charge in [0.1, 0.15) is 5.75 Å². The normalized spacial score (nSPS) is 17.7. The molecule has 1 amide bonds. The molecule has 2 aromatic rings. The highest BCUT2D eigenvalue weighted by Gasteiger charge is 2.22. The van der Waals surface area contributed by atoms with Crippen LogP contribution in [-0.4, -0.2) is 24.2 Å². The van der Waals surface area contributed by atoms with E-state index in [4.69, 9.17) is 4.74 Å². The van der Waals surface area contributed by atoms with Crippen molar-refractivity contribution < 1.29 is 14.6 Å². The molecule has 0 saturated carbocycles. The molecule has 2 atom stereocenters. The first-order valence-electron chi connectivity index (χ1n) is 7.65. The number of amides is 1. The van der Waals surface area contributed by atoms with E-state index in [1.54, 1.807) is 11.3 Å². The van der Waals surface area contributed by atoms with Crippen LogP contribution in [0.4, 0.5) is 5.69 Å². The smallest absolute Gasteiger partial charge is 0.239 e. The Labute approximate surface area is 139 Å². The van der Waals surface area contributed by atoms with E-state index in [1.807, 2.05) is 42.6 Å². The Balaban J connectivity index is 1.60. The molecule has 1 aromatic heterocycles. The van der Waals surface area contributed by atoms with Crippen molar-refractivity contribution in [3.05, 3.63) is 46.2 Å². The first-order valence-corrected chi connectivity index (χ1v) is 8.53. The van der Waals surface area contributed by atoms with Gasteiger partial charge in [-0.05, 0) is 24.4 Å². The van der Waals surface area contributed by atoms with E-state index < -0.39 is 6.10 Å². The van der Waals surface area contributed by atoms with Gasteiger partial charge in [0.25, 0.3) is 0 Å². The largest absolute Gasteiger partial charge is 0.491 e. The minimum atomic E-state index is -0.506. The Morgan fingerprint density at radius 3 is 3.09 bits per heavy atom. The highest BCUT2D eigenvalue weighted by molar-refractivity contribution is 7.10. The van der Waals surface area contributed by atoms with Crippen molar-refractivity contribution in [1.82, 2.24) is 5.32 Å². The summed E-state index contributed by atoms with van der Waals surface area (Å²) in [5.41, 5.74) is 1.51. The van der Waals surface area contributed by atoms with Gasteiger partial charge in [-0.15, -0.1) is 11.3 Å². The van der Waals surface area contributed by atoms with Crippen molar-refractivity contribution in [1.29, 1.82) is 0 Å². The summed E-state index contributed by atoms with van der Waals surface area (Å²) in [5, 5.41) is 18.1. The lowest BCUT2D eigenvalue weighted by Crippen LogP contribution is -2.32. The number of benzene rings is 1. The number of ether oxygens (including phenoxy) is 1. The SMILES string of the molecule is C[C@@H](NC(=O)CNc1cccc2c1OCC[C@H]2O)c1cccs1. The number of hydrogen-bond donors (Lipinski definition) is 3. The second-order valence-corrected chi connectivity index (χ2v) is 6.51. The molecule has 0 unspecified atom stereocenters. The van der Waals surface area contributed by atoms with Crippen LogP contribution in [0.3, 0.4) is 0 Å². The lowest BCUT2D eigenvalue weighted by Gasteiger charge is -2.24. The van der Waals surface area contributed by atoms with E-state index in [9.17, 15) is 9.90 Å². The third-order valence-corrected chi connectivity index (χ3v) is 4.88. The summed E-state index contributed by atoms with van der Waals surface area (Å²) in [5.74, 6) is 0.560. The standard InChI is InChI=1S/C17H20N2O3S/c1-11(15-6-3-9-23-15)19-16(21)10-18-13-5-2-4-12-14(20)7-8-22-17(12)13/h2-6,9,11,14,18,20H,7-8,10H2,1H3,(H,19,21)/t11-,14-/m1/s1. The van der Waals surface area contributed by atoms with Crippen molar-refractivity contribution in [3.63, 3.8) is 0 Å². The van der Waals surface area contributed by atoms with Gasteiger partial charge >= 0.3 is 0 Å². The van der Waals surface area contributed by atoms with Crippen LogP contribution < -0.4 is 15.4 Å². The summed E-state index contributed by atoms with van der Waals surface area (Å²) in [6.45, 7) is 2.60. The number of aliphatic hydroxyl groups is 1. The van der Waals surface area contributed by atoms with Crippen molar-refractivity contribution in [3.8, 4) is 5.75 Å². The van der Waals surface area contributed by atoms with Gasteiger partial charge in [0.15, 0.2) is 0 Å². The van der Waals surface area contributed by atoms with Crippen molar-refractivity contribution in [2.45, 2.75) is 25.5 Å². The van der Waals surface area contributed by atoms with Crippen molar-refractivity contribution in [2.75, 3.05) is 18.5 Å². The molecule has 0 fully saturated rings. The third kappa shape index (κ3) is 3.65. The zero-order chi connectivity index (χ0) is 16.2. The zero-order valence-corrected chi connectivity index (χ0v) is 13.7. The molecule has 6 heteroatoms. The van der Waals surface area contributed by atoms with Gasteiger partial charge in [0.2, 0.25) is 5.91 Å². The minimum absolute atomic E-state index is 0.00735. The molecular weight excluding hydrogens is 312 g/mol. The van der Waals surface area contributed by atoms with Crippen LogP contribution in [0.25, 0.3) is 0 Å². The molecule has 0 spiro atoms. The lowest BCUT2D eigenvalue weighted by molar-refractivity contribution is -0.120. The predicted molar refractivity (Wildman–Crippen MR) is 90.9 cm³/mol. The average molecular weight is 332 g/mol. The molecule has 1 aliphatic heterocycles. The number of anilines is 1. The van der Waals surface area contributed by atoms with Gasteiger partial charge in [-0.2, -0.15) is 0 Å². The zero-order valence-electron chi connectivity index (χ0n) is 12.9. The van der Waals surface area contributed by atoms with Crippen LogP contribution in [0.1, 0.15) is 35.9 Å². The van der Waals surface area contributed by atoms with E-state index in [0.717, 1.165) is 16.1 Å². The van der Waals surface area contributed by atoms with Gasteiger partial charge in [-0.1, -0.05) is 18.2 Å². The van der Waals surface area contributed by atoms with Crippen LogP contribution in [0, 0.1) is 0 Å². The lowest BCUT2D eigenvalue weighted by atomic mass is 10.0. The maximum Gasteiger partial charge on any atom is 0.239 e. The van der Waals surface area contributed by atoms with E-state index in [-0.39, 0.29) is 18.5 Å². The number of aliphatic hydroxyl groups excluding tert-OH is 1. The molecule has 23 heavy (non-hydrogen) atoms. The first kappa shape index (κ1) is 15.8. The summed E-state index contributed by atoms with van der Waals surface area (Å²) in [4.78, 5) is 13.2. The third-order valence-electron chi connectivity index (χ3n) is 3.83. The molecular formula is C17H20N2O3S. The van der Waals surface area contributed by atoms with Gasteiger partial charge in [0.05, 0.1) is 31.0 Å². The Bertz CT molecular complexity index is 672. The number of para-hydroxylation sites is 1. The highest BCUT2D eigenvalue weighted by atomic mass is 32.1. The number of nitrogens with one attached hydrogen (secondary N) is 2. The molecule has 3 N–H and O–H groups in total. The van der Waals surface area contributed by atoms with Gasteiger partial charge in [0, 0.05) is 16.9 Å². The van der Waals surface area contributed by atoms with E-state index in [1.165, 1.54) is 0 Å². The predicted octanol–water partition coefficient (Wildman–Crippen LogP) is 2.85. The van der Waals surface area contributed by atoms with E-state index in [0.29, 0.717) is 18.8 Å². The fourth-order valence-electron chi connectivity index (χ4n) is 2.62. The van der Waals surface area contributed by atoms with Gasteiger partial charge in [-0.3, -0.25) is 4.79 Å². The Kier molecular flexibility index (Phi) is 4.83. The monoisotopic (exact) mass is 332 g/mol. The fraction of sp³-hybridized carbons (Fsp3) is 0.353. The highest BCUT2D eigenvalue weighted by Crippen LogP contribution is 2.37. The molecule has 2 heterocycles. The fourth-order valence-corrected chi connectivity index (χ4v) is 3.36. The number of rotatable bonds is 5. The van der Waals surface area contributed by atoms with Crippen LogP contribution in [0.5, 0.6) is 5.75 Å². The summed E-state index contributed by atoms with van der Waals surface area (Å²) >= 11 is 1.62. The Morgan fingerprint density at radius 1 is 1.43 bits per heavy atom. The molecule has 3 rings (SSSR count). The Hall–Kier alpha value is -2.05. The molecule has 0 saturated heterocycles. The minimum Gasteiger partial charge on any atom is -0.491 e. The topological polar surface area (TPSA) is 70.6 Å². The maximum absolute atomic E-state index is 12.1. The van der Waals surface area contributed by atoms with Crippen LogP contribution >= 0.6 is 11.3 Å². The van der Waals surface area contributed by atoms with Crippen molar-refractivity contribution >= 4 is 22.9 Å². The number of fused-ring (bicyclic) bond motifs is 1. The van der Waals surface area contributed by atoms with Gasteiger partial charge in [-0.25, -0.2) is 0 Å². The Morgan fingerprint density at radius 2 is 2.30 bits per heavy atom. The van der Waals surface area contributed by atoms with Gasteiger partial charge < -0.3 is 20.5 Å². The van der Waals surface area contributed by atoms with E-state index >= 15 is 0 Å². The van der Waals surface area contributed by atoms with Crippen LogP contribution in [0.2, 0.25) is 0 Å². The van der Waals surface area contributed by atoms with Crippen LogP contribution in [-0.2, 0) is 4.79 Å². The number of carbonyl (C=O) groups is 1. The maximum atomic E-state index is 12.1. The number of hydrogen-bond acceptors (Lipinski definition) is 5. The second kappa shape index (κ2) is 7.02. The summed E-state index contributed by atoms with van der Waals surface area (Å²) in [7, 11) is 0. The summed E-state index contributed by atoms with van der Waals surface area (Å²) in [6, 6.07) is 9.53. The summed E-state index contributed by atoms with van der Waals surface area (Å²) < 4.78 is 5.64. The average Bonchev–Trinajstić information content (AvgIpc) is 3.08. The second-order valence-electron chi connectivity index (χ2n) is 5.54. The molecule has 0 bridgehead atoms. The molecule has 122 valence electrons. The number of thiophene rings is 1. The molecule has 1 aliphatic rings. The molecule has 5 nitrogen and oxygen atoms in total. The molecule has 0 radical (unpaired) electrons. The first-order chi connectivity index (χ1) is 11.1. The molecule has 0 aliphatic carbocycles. The van der Waals surface area contributed by atoms with E-state index in [2.05, 4.69) is 10.6 Å². The summed E-state index contributed by atoms with van der Waals surface area (Å²) in [6.07, 6.45) is 0.0862. The van der Waals surface area contributed by atoms with Crippen molar-refractivity contribution in [2.24, 2.45) is 0 Å². The quantitative estimate of drug-likeness (QED) is 0.787. The van der Waals surface area contributed by atoms with Crippen LogP contribution in [0.15, 0.2) is 35.7 Å².